The fraction of sp³-hybridized carbons (Fsp3) is 1.00. The van der Waals surface area contributed by atoms with Crippen LogP contribution in [0.15, 0.2) is 5.11 Å². The predicted molar refractivity (Wildman–Crippen MR) is 310 cm³/mol. The molecule has 33 atom stereocenters. The van der Waals surface area contributed by atoms with Gasteiger partial charge in [-0.1, -0.05) is 11.5 Å². The van der Waals surface area contributed by atoms with Crippen LogP contribution in [0.1, 0.15) is 64.2 Å². The molecule has 0 spiro atoms. The molecule has 0 aromatic rings. The summed E-state index contributed by atoms with van der Waals surface area (Å²) in [4.78, 5) is 2.61. The molecule has 1 aliphatic heterocycles. The van der Waals surface area contributed by atoms with Crippen molar-refractivity contribution >= 4 is 0 Å². The highest BCUT2D eigenvalue weighted by atomic mass is 16.7. The van der Waals surface area contributed by atoms with Gasteiger partial charge < -0.3 is 206 Å². The summed E-state index contributed by atoms with van der Waals surface area (Å²) in [6, 6.07) is 0. The van der Waals surface area contributed by atoms with E-state index in [2.05, 4.69) is 10.0 Å². The first kappa shape index (κ1) is 92.7. The first-order valence-electron chi connectivity index (χ1n) is 30.8. The highest BCUT2D eigenvalue weighted by Gasteiger charge is 2.51. The van der Waals surface area contributed by atoms with Crippen molar-refractivity contribution in [2.45, 2.75) is 267 Å². The molecule has 1 saturated heterocycles. The topological polar surface area (TPSA) is 779 Å². The minimum atomic E-state index is -2.98. The number of hydrogen-bond donors (Lipinski definition) is 32. The standard InChI is InChI=1S/C53H105N3O41/c54-56-55-11-2-1-3-18-89-46(82)39(80)41(93-51(87)45(34(75)26(68)9-17-62)97-52(88)44(33(74)25(67)8-16-61)96-49(85)38(79)31(72)23(65)6-14-59)27(69)10-19-90-53-40(81)42(94-47(83)36(77)29(70)21(63)4-12-57)35(76)28(92-53)20-91-50(86)43(32(73)24(66)7-15-60)95-48(84)37(78)30(71)22(64)5-13-58/h21-53,57-88H,1-20H2. The summed E-state index contributed by atoms with van der Waals surface area (Å²) < 4.78 is 48.3. The lowest BCUT2D eigenvalue weighted by Crippen LogP contribution is -2.62. The molecule has 33 unspecified atom stereocenters. The van der Waals surface area contributed by atoms with Gasteiger partial charge in [-0.3, -0.25) is 0 Å². The normalized spacial score (nSPS) is 26.0. The van der Waals surface area contributed by atoms with E-state index >= 15 is 0 Å². The lowest BCUT2D eigenvalue weighted by molar-refractivity contribution is -0.344. The minimum Gasteiger partial charge on any atom is -0.396 e. The van der Waals surface area contributed by atoms with Gasteiger partial charge in [-0.2, -0.15) is 0 Å². The van der Waals surface area contributed by atoms with Crippen LogP contribution in [0.4, 0.5) is 0 Å². The maximum Gasteiger partial charge on any atom is 0.186 e. The Bertz CT molecular complexity index is 2030. The molecule has 1 heterocycles. The second-order valence-electron chi connectivity index (χ2n) is 22.6. The molecule has 0 aliphatic carbocycles. The Labute approximate surface area is 553 Å². The van der Waals surface area contributed by atoms with E-state index in [0.717, 1.165) is 0 Å². The van der Waals surface area contributed by atoms with Crippen LogP contribution in [0.3, 0.4) is 0 Å². The van der Waals surface area contributed by atoms with Gasteiger partial charge in [0.2, 0.25) is 0 Å². The molecule has 32 N–H and O–H groups in total. The van der Waals surface area contributed by atoms with Crippen molar-refractivity contribution in [2.75, 3.05) is 66.0 Å². The molecular formula is C53H105N3O41. The number of ether oxygens (including phenoxy) is 9. The summed E-state index contributed by atoms with van der Waals surface area (Å²) in [6.07, 6.45) is -84.4. The first-order valence-corrected chi connectivity index (χ1v) is 30.8. The number of rotatable bonds is 57. The van der Waals surface area contributed by atoms with Crippen LogP contribution in [-0.2, 0) is 42.6 Å². The van der Waals surface area contributed by atoms with Gasteiger partial charge in [0.25, 0.3) is 0 Å². The molecule has 578 valence electrons. The van der Waals surface area contributed by atoms with E-state index in [0.29, 0.717) is 12.8 Å². The Morgan fingerprint density at radius 3 is 1.12 bits per heavy atom. The van der Waals surface area contributed by atoms with Gasteiger partial charge in [0, 0.05) is 57.7 Å². The Hall–Kier alpha value is -2.33. The van der Waals surface area contributed by atoms with Crippen molar-refractivity contribution in [1.82, 2.24) is 0 Å². The lowest BCUT2D eigenvalue weighted by atomic mass is 9.98. The SMILES string of the molecule is [N-]=[N+]=NCCCCCOC(O)C(O)C(OC(O)C(OC(O)C(OC(O)C(O)C(O)C(O)CCO)C(O)C(O)CCO)C(O)C(O)CCO)C(O)CCOC1OC(COC(O)C(OC(O)C(O)C(O)C(O)CCO)C(O)C(O)CCO)C(O)C(OC(O)C(O)C(O)C(O)CCO)C1O. The third-order valence-electron chi connectivity index (χ3n) is 15.2. The van der Waals surface area contributed by atoms with E-state index in [1.165, 1.54) is 0 Å². The fourth-order valence-electron chi connectivity index (χ4n) is 9.28. The second-order valence-corrected chi connectivity index (χ2v) is 22.6. The van der Waals surface area contributed by atoms with Gasteiger partial charge in [-0.05, 0) is 63.3 Å². The number of azide groups is 1. The molecule has 1 aliphatic rings. The summed E-state index contributed by atoms with van der Waals surface area (Å²) in [5, 5.41) is 342. The zero-order valence-electron chi connectivity index (χ0n) is 52.5. The minimum absolute atomic E-state index is 0.0459. The number of hydrogen-bond acceptors (Lipinski definition) is 42. The second kappa shape index (κ2) is 49.4. The van der Waals surface area contributed by atoms with E-state index in [1.807, 2.05) is 0 Å². The monoisotopic (exact) mass is 1440 g/mol. The van der Waals surface area contributed by atoms with E-state index in [9.17, 15) is 153 Å². The van der Waals surface area contributed by atoms with Crippen molar-refractivity contribution in [3.63, 3.8) is 0 Å². The molecule has 97 heavy (non-hydrogen) atoms. The van der Waals surface area contributed by atoms with E-state index in [-0.39, 0.29) is 13.0 Å². The molecule has 1 rings (SSSR count). The van der Waals surface area contributed by atoms with Crippen LogP contribution in [0.25, 0.3) is 10.4 Å². The number of nitrogens with zero attached hydrogens (tertiary/aromatic N) is 3. The molecule has 0 amide bonds. The van der Waals surface area contributed by atoms with Crippen LogP contribution < -0.4 is 0 Å². The summed E-state index contributed by atoms with van der Waals surface area (Å²) in [7, 11) is 0. The average molecular weight is 1440 g/mol. The lowest BCUT2D eigenvalue weighted by Gasteiger charge is -2.43. The maximum atomic E-state index is 11.8. The maximum absolute atomic E-state index is 11.8. The number of unbranched alkanes of at least 4 members (excludes halogenated alkanes) is 2. The highest BCUT2D eigenvalue weighted by molar-refractivity contribution is 4.94. The van der Waals surface area contributed by atoms with Crippen molar-refractivity contribution < 1.29 is 206 Å². The van der Waals surface area contributed by atoms with Gasteiger partial charge >= 0.3 is 0 Å². The molecule has 0 bridgehead atoms. The summed E-state index contributed by atoms with van der Waals surface area (Å²) in [6.45, 7) is -7.48. The van der Waals surface area contributed by atoms with E-state index < -0.39 is 307 Å². The molecular weight excluding hydrogens is 1330 g/mol. The van der Waals surface area contributed by atoms with Crippen LogP contribution in [0.5, 0.6) is 0 Å². The Balaban J connectivity index is 3.95. The Kier molecular flexibility index (Phi) is 47.2. The average Bonchev–Trinajstić information content (AvgIpc) is 0.808. The molecule has 0 radical (unpaired) electrons. The quantitative estimate of drug-likeness (QED) is 0.00884. The highest BCUT2D eigenvalue weighted by Crippen LogP contribution is 2.30. The molecule has 1 fully saturated rings. The number of aliphatic hydroxyl groups excluding tert-OH is 32. The number of aliphatic hydroxyl groups is 32. The van der Waals surface area contributed by atoms with Crippen LogP contribution in [0.2, 0.25) is 0 Å². The van der Waals surface area contributed by atoms with Crippen LogP contribution in [0, 0.1) is 0 Å². The summed E-state index contributed by atoms with van der Waals surface area (Å²) in [5.41, 5.74) is 8.57. The van der Waals surface area contributed by atoms with Gasteiger partial charge in [0.1, 0.15) is 110 Å². The molecule has 0 saturated carbocycles. The predicted octanol–water partition coefficient (Wildman–Crippen LogP) is -16.1. The smallest absolute Gasteiger partial charge is 0.186 e. The van der Waals surface area contributed by atoms with Crippen molar-refractivity contribution in [3.8, 4) is 0 Å². The largest absolute Gasteiger partial charge is 0.396 e. The third kappa shape index (κ3) is 30.9. The van der Waals surface area contributed by atoms with Gasteiger partial charge in [-0.15, -0.1) is 0 Å². The van der Waals surface area contributed by atoms with Gasteiger partial charge in [0.05, 0.1) is 55.9 Å². The Morgan fingerprint density at radius 1 is 0.351 bits per heavy atom. The summed E-state index contributed by atoms with van der Waals surface area (Å²) >= 11 is 0. The first-order chi connectivity index (χ1) is 45.7. The molecule has 0 aromatic heterocycles. The van der Waals surface area contributed by atoms with Crippen LogP contribution >= 0.6 is 0 Å². The molecule has 44 nitrogen and oxygen atoms in total. The summed E-state index contributed by atoms with van der Waals surface area (Å²) in [5.74, 6) is 0. The molecule has 0 aromatic carbocycles. The van der Waals surface area contributed by atoms with Gasteiger partial charge in [-0.25, -0.2) is 0 Å². The zero-order chi connectivity index (χ0) is 74.0. The zero-order valence-corrected chi connectivity index (χ0v) is 52.5. The van der Waals surface area contributed by atoms with Crippen molar-refractivity contribution in [2.24, 2.45) is 5.11 Å². The van der Waals surface area contributed by atoms with E-state index in [4.69, 9.17) is 58.4 Å². The Morgan fingerprint density at radius 2 is 0.722 bits per heavy atom. The van der Waals surface area contributed by atoms with Crippen LogP contribution in [-0.4, -0.2) is 432 Å². The molecule has 44 heteroatoms. The fourth-order valence-corrected chi connectivity index (χ4v) is 9.28. The van der Waals surface area contributed by atoms with E-state index in [1.54, 1.807) is 0 Å². The van der Waals surface area contributed by atoms with Crippen molar-refractivity contribution in [3.05, 3.63) is 10.4 Å². The third-order valence-corrected chi connectivity index (χ3v) is 15.2. The van der Waals surface area contributed by atoms with Gasteiger partial charge in [0.15, 0.2) is 50.3 Å². The van der Waals surface area contributed by atoms with Crippen molar-refractivity contribution in [1.29, 1.82) is 0 Å².